The third kappa shape index (κ3) is 2.96. The van der Waals surface area contributed by atoms with E-state index in [9.17, 15) is 4.79 Å². The number of amides is 1. The lowest BCUT2D eigenvalue weighted by molar-refractivity contribution is 0.0954. The summed E-state index contributed by atoms with van der Waals surface area (Å²) in [5, 5.41) is 13.3. The van der Waals surface area contributed by atoms with Crippen LogP contribution in [0.1, 0.15) is 23.2 Å². The minimum atomic E-state index is -0.215. The van der Waals surface area contributed by atoms with Gasteiger partial charge in [-0.25, -0.2) is 4.98 Å². The Balaban J connectivity index is 2.15. The summed E-state index contributed by atoms with van der Waals surface area (Å²) < 4.78 is 1.58. The first-order chi connectivity index (χ1) is 11.6. The van der Waals surface area contributed by atoms with Gasteiger partial charge >= 0.3 is 0 Å². The average molecular weight is 328 g/mol. The van der Waals surface area contributed by atoms with Crippen molar-refractivity contribution < 1.29 is 4.79 Å². The zero-order valence-corrected chi connectivity index (χ0v) is 13.3. The molecule has 3 heterocycles. The molecule has 1 aliphatic rings. The summed E-state index contributed by atoms with van der Waals surface area (Å²) in [6.07, 6.45) is 6.08. The van der Waals surface area contributed by atoms with Crippen LogP contribution in [-0.4, -0.2) is 34.1 Å². The number of nitrogens with two attached hydrogens (primary N) is 2. The van der Waals surface area contributed by atoms with E-state index in [0.29, 0.717) is 47.2 Å². The molecule has 126 valence electrons. The van der Waals surface area contributed by atoms with Crippen LogP contribution in [0.3, 0.4) is 0 Å². The summed E-state index contributed by atoms with van der Waals surface area (Å²) in [4.78, 5) is 16.9. The van der Waals surface area contributed by atoms with Gasteiger partial charge in [0.15, 0.2) is 5.65 Å². The first-order valence-electron chi connectivity index (χ1n) is 7.62. The second kappa shape index (κ2) is 6.49. The van der Waals surface area contributed by atoms with Gasteiger partial charge in [0.05, 0.1) is 11.9 Å². The van der Waals surface area contributed by atoms with Crippen molar-refractivity contribution in [1.29, 1.82) is 0 Å². The molecule has 0 atom stereocenters. The lowest BCUT2D eigenvalue weighted by atomic mass is 10.2. The quantitative estimate of drug-likeness (QED) is 0.509. The molecule has 0 fully saturated rings. The number of hydrogen-bond acceptors (Lipinski definition) is 7. The smallest absolute Gasteiger partial charge is 0.256 e. The lowest BCUT2D eigenvalue weighted by Crippen LogP contribution is -2.24. The maximum atomic E-state index is 12.4. The standard InChI is InChI=1S/C15H20N8O/c1-18-13-6-12-21-10(7-16)5-9(17)3-2-4-19-15(24)11-8-20-23(13)14(11)22-12/h5-8,18H,2-4,16-17H2,1H3,(H,19,24)(H,21,22)/b9-5-,10-7+. The van der Waals surface area contributed by atoms with E-state index in [1.54, 1.807) is 23.7 Å². The molecular weight excluding hydrogens is 308 g/mol. The highest BCUT2D eigenvalue weighted by molar-refractivity contribution is 6.00. The van der Waals surface area contributed by atoms with Crippen LogP contribution in [0.25, 0.3) is 5.65 Å². The highest BCUT2D eigenvalue weighted by Gasteiger charge is 2.17. The maximum absolute atomic E-state index is 12.4. The van der Waals surface area contributed by atoms with Crippen LogP contribution in [0.15, 0.2) is 35.9 Å². The summed E-state index contributed by atoms with van der Waals surface area (Å²) in [5.74, 6) is 0.999. The van der Waals surface area contributed by atoms with Crippen LogP contribution in [0.5, 0.6) is 0 Å². The van der Waals surface area contributed by atoms with Crippen LogP contribution in [-0.2, 0) is 0 Å². The van der Waals surface area contributed by atoms with Crippen molar-refractivity contribution in [2.24, 2.45) is 11.5 Å². The molecule has 0 spiro atoms. The Morgan fingerprint density at radius 1 is 1.46 bits per heavy atom. The fraction of sp³-hybridized carbons (Fsp3) is 0.267. The van der Waals surface area contributed by atoms with E-state index in [-0.39, 0.29) is 5.91 Å². The number of carbonyl (C=O) groups is 1. The fourth-order valence-corrected chi connectivity index (χ4v) is 2.50. The van der Waals surface area contributed by atoms with Crippen molar-refractivity contribution in [2.45, 2.75) is 12.8 Å². The molecule has 2 aromatic heterocycles. The van der Waals surface area contributed by atoms with Crippen molar-refractivity contribution in [3.63, 3.8) is 0 Å². The fourth-order valence-electron chi connectivity index (χ4n) is 2.50. The molecule has 7 N–H and O–H groups in total. The zero-order chi connectivity index (χ0) is 17.1. The molecule has 0 saturated carbocycles. The largest absolute Gasteiger partial charge is 0.403 e. The summed E-state index contributed by atoms with van der Waals surface area (Å²) >= 11 is 0. The molecule has 0 saturated heterocycles. The second-order valence-electron chi connectivity index (χ2n) is 5.40. The highest BCUT2D eigenvalue weighted by atomic mass is 16.1. The van der Waals surface area contributed by atoms with Gasteiger partial charge in [0.2, 0.25) is 0 Å². The predicted molar refractivity (Wildman–Crippen MR) is 92.3 cm³/mol. The normalized spacial score (nSPS) is 19.6. The maximum Gasteiger partial charge on any atom is 0.256 e. The molecule has 0 unspecified atom stereocenters. The number of nitrogens with one attached hydrogen (secondary N) is 3. The summed E-state index contributed by atoms with van der Waals surface area (Å²) in [6.45, 7) is 0.512. The van der Waals surface area contributed by atoms with Gasteiger partial charge in [-0.2, -0.15) is 9.61 Å². The van der Waals surface area contributed by atoms with E-state index < -0.39 is 0 Å². The molecule has 0 aromatic carbocycles. The minimum Gasteiger partial charge on any atom is -0.403 e. The van der Waals surface area contributed by atoms with E-state index in [1.807, 2.05) is 0 Å². The molecule has 2 bridgehead atoms. The third-order valence-corrected chi connectivity index (χ3v) is 3.69. The van der Waals surface area contributed by atoms with Crippen molar-refractivity contribution in [2.75, 3.05) is 24.2 Å². The third-order valence-electron chi connectivity index (χ3n) is 3.69. The summed E-state index contributed by atoms with van der Waals surface area (Å²) in [7, 11) is 1.77. The van der Waals surface area contributed by atoms with E-state index in [2.05, 4.69) is 26.0 Å². The Morgan fingerprint density at radius 3 is 3.04 bits per heavy atom. The average Bonchev–Trinajstić information content (AvgIpc) is 3.00. The number of nitrogens with zero attached hydrogens (tertiary/aromatic N) is 3. The monoisotopic (exact) mass is 328 g/mol. The highest BCUT2D eigenvalue weighted by Crippen LogP contribution is 2.20. The van der Waals surface area contributed by atoms with Crippen molar-refractivity contribution in [3.05, 3.63) is 41.5 Å². The first-order valence-corrected chi connectivity index (χ1v) is 7.62. The van der Waals surface area contributed by atoms with Gasteiger partial charge in [-0.1, -0.05) is 0 Å². The first kappa shape index (κ1) is 15.7. The Bertz CT molecular complexity index is 835. The Hall–Kier alpha value is -3.23. The number of hydrogen-bond donors (Lipinski definition) is 5. The van der Waals surface area contributed by atoms with Crippen LogP contribution in [0, 0.1) is 0 Å². The summed E-state index contributed by atoms with van der Waals surface area (Å²) in [6, 6.07) is 1.77. The van der Waals surface area contributed by atoms with E-state index in [1.165, 1.54) is 12.4 Å². The van der Waals surface area contributed by atoms with Gasteiger partial charge in [-0.15, -0.1) is 0 Å². The van der Waals surface area contributed by atoms with Crippen molar-refractivity contribution >= 4 is 23.2 Å². The van der Waals surface area contributed by atoms with Gasteiger partial charge in [-0.3, -0.25) is 4.79 Å². The number of fused-ring (bicyclic) bond motifs is 1. The van der Waals surface area contributed by atoms with E-state index >= 15 is 0 Å². The molecule has 1 amide bonds. The van der Waals surface area contributed by atoms with Crippen LogP contribution < -0.4 is 27.4 Å². The molecule has 9 nitrogen and oxygen atoms in total. The lowest BCUT2D eigenvalue weighted by Gasteiger charge is -2.11. The van der Waals surface area contributed by atoms with Gasteiger partial charge in [0, 0.05) is 31.6 Å². The number of allylic oxidation sites excluding steroid dienone is 2. The van der Waals surface area contributed by atoms with Crippen molar-refractivity contribution in [3.8, 4) is 0 Å². The Kier molecular flexibility index (Phi) is 4.23. The van der Waals surface area contributed by atoms with Crippen LogP contribution in [0.2, 0.25) is 0 Å². The molecule has 0 aliphatic carbocycles. The van der Waals surface area contributed by atoms with Crippen LogP contribution in [0.4, 0.5) is 11.6 Å². The summed E-state index contributed by atoms with van der Waals surface area (Å²) in [5.41, 5.74) is 13.8. The van der Waals surface area contributed by atoms with E-state index in [0.717, 1.165) is 6.42 Å². The molecular formula is C15H20N8O. The van der Waals surface area contributed by atoms with E-state index in [4.69, 9.17) is 11.5 Å². The topological polar surface area (TPSA) is 135 Å². The molecule has 2 aromatic rings. The molecule has 9 heteroatoms. The SMILES string of the molecule is CNc1cc2nc3c(cnn13)C(=O)NCCC/C(N)=C/C(=C\N)N2. The van der Waals surface area contributed by atoms with Crippen LogP contribution >= 0.6 is 0 Å². The molecule has 3 rings (SSSR count). The number of rotatable bonds is 1. The Labute approximate surface area is 138 Å². The van der Waals surface area contributed by atoms with Gasteiger partial charge < -0.3 is 27.4 Å². The minimum absolute atomic E-state index is 0.215. The van der Waals surface area contributed by atoms with Gasteiger partial charge in [-0.05, 0) is 18.9 Å². The van der Waals surface area contributed by atoms with Gasteiger partial charge in [0.25, 0.3) is 5.91 Å². The van der Waals surface area contributed by atoms with Crippen molar-refractivity contribution in [1.82, 2.24) is 19.9 Å². The number of carbonyl (C=O) groups excluding carboxylic acids is 1. The number of aromatic nitrogens is 3. The second-order valence-corrected chi connectivity index (χ2v) is 5.40. The molecule has 0 radical (unpaired) electrons. The molecule has 24 heavy (non-hydrogen) atoms. The van der Waals surface area contributed by atoms with Gasteiger partial charge in [0.1, 0.15) is 17.2 Å². The Morgan fingerprint density at radius 2 is 2.29 bits per heavy atom. The predicted octanol–water partition coefficient (Wildman–Crippen LogP) is 0.349. The molecule has 1 aliphatic heterocycles. The number of anilines is 2. The zero-order valence-electron chi connectivity index (χ0n) is 13.3.